The van der Waals surface area contributed by atoms with E-state index in [-0.39, 0.29) is 0 Å². The number of H-pyrrole nitrogens is 1. The van der Waals surface area contributed by atoms with E-state index in [4.69, 9.17) is 4.74 Å². The number of hydrogen-bond donors (Lipinski definition) is 3. The van der Waals surface area contributed by atoms with Gasteiger partial charge in [0.1, 0.15) is 0 Å². The third-order valence-corrected chi connectivity index (χ3v) is 5.76. The normalized spacial score (nSPS) is 25.7. The zero-order valence-electron chi connectivity index (χ0n) is 13.8. The standard InChI is InChI=1S/C19H26N2O2/c1-13(17-3-2-8-20-17)16-12-21-18-5-4-14(11-15(16)18)19(22)6-9-23-10-7-19/h4-5,11-13,17,20-22H,2-3,6-10H2,1H3. The predicted octanol–water partition coefficient (Wildman–Crippen LogP) is 3.02. The van der Waals surface area contributed by atoms with Crippen LogP contribution >= 0.6 is 0 Å². The van der Waals surface area contributed by atoms with Crippen LogP contribution in [0.1, 0.15) is 49.7 Å². The highest BCUT2D eigenvalue weighted by Gasteiger charge is 2.32. The van der Waals surface area contributed by atoms with Gasteiger partial charge in [-0.3, -0.25) is 0 Å². The van der Waals surface area contributed by atoms with Crippen LogP contribution in [0.15, 0.2) is 24.4 Å². The fourth-order valence-electron chi connectivity index (χ4n) is 4.16. The van der Waals surface area contributed by atoms with Crippen LogP contribution in [0.2, 0.25) is 0 Å². The summed E-state index contributed by atoms with van der Waals surface area (Å²) in [6.45, 7) is 4.71. The van der Waals surface area contributed by atoms with Gasteiger partial charge >= 0.3 is 0 Å². The van der Waals surface area contributed by atoms with Crippen molar-refractivity contribution >= 4 is 10.9 Å². The molecule has 4 rings (SSSR count). The van der Waals surface area contributed by atoms with Crippen molar-refractivity contribution < 1.29 is 9.84 Å². The van der Waals surface area contributed by atoms with Crippen molar-refractivity contribution in [1.82, 2.24) is 10.3 Å². The van der Waals surface area contributed by atoms with Gasteiger partial charge in [-0.25, -0.2) is 0 Å². The smallest absolute Gasteiger partial charge is 0.0940 e. The fourth-order valence-corrected chi connectivity index (χ4v) is 4.16. The molecule has 2 aliphatic rings. The quantitative estimate of drug-likeness (QED) is 0.816. The lowest BCUT2D eigenvalue weighted by Crippen LogP contribution is -2.33. The number of nitrogens with one attached hydrogen (secondary N) is 2. The van der Waals surface area contributed by atoms with Crippen LogP contribution < -0.4 is 5.32 Å². The van der Waals surface area contributed by atoms with E-state index < -0.39 is 5.60 Å². The third kappa shape index (κ3) is 2.69. The monoisotopic (exact) mass is 314 g/mol. The lowest BCUT2D eigenvalue weighted by Gasteiger charge is -2.32. The molecule has 2 unspecified atom stereocenters. The van der Waals surface area contributed by atoms with Gasteiger partial charge in [-0.1, -0.05) is 13.0 Å². The molecule has 4 heteroatoms. The minimum atomic E-state index is -0.740. The Morgan fingerprint density at radius 3 is 2.87 bits per heavy atom. The number of hydrogen-bond acceptors (Lipinski definition) is 3. The highest BCUT2D eigenvalue weighted by atomic mass is 16.5. The van der Waals surface area contributed by atoms with E-state index in [9.17, 15) is 5.11 Å². The zero-order valence-corrected chi connectivity index (χ0v) is 13.8. The first kappa shape index (κ1) is 15.2. The van der Waals surface area contributed by atoms with Crippen LogP contribution in [0, 0.1) is 0 Å². The average molecular weight is 314 g/mol. The van der Waals surface area contributed by atoms with Crippen molar-refractivity contribution in [2.24, 2.45) is 0 Å². The van der Waals surface area contributed by atoms with Crippen LogP contribution in [0.4, 0.5) is 0 Å². The summed E-state index contributed by atoms with van der Waals surface area (Å²) in [6.07, 6.45) is 6.01. The maximum atomic E-state index is 11.0. The van der Waals surface area contributed by atoms with Gasteiger partial charge in [0.25, 0.3) is 0 Å². The topological polar surface area (TPSA) is 57.3 Å². The number of aromatic nitrogens is 1. The first-order valence-corrected chi connectivity index (χ1v) is 8.82. The van der Waals surface area contributed by atoms with Gasteiger partial charge in [-0.15, -0.1) is 0 Å². The molecule has 2 aliphatic heterocycles. The second-order valence-corrected chi connectivity index (χ2v) is 7.14. The second-order valence-electron chi connectivity index (χ2n) is 7.14. The Morgan fingerprint density at radius 1 is 1.30 bits per heavy atom. The molecule has 2 saturated heterocycles. The van der Waals surface area contributed by atoms with E-state index in [0.717, 1.165) is 17.6 Å². The fraction of sp³-hybridized carbons (Fsp3) is 0.579. The van der Waals surface area contributed by atoms with E-state index >= 15 is 0 Å². The summed E-state index contributed by atoms with van der Waals surface area (Å²) in [6, 6.07) is 6.92. The number of aliphatic hydroxyl groups is 1. The Bertz CT molecular complexity index is 682. The van der Waals surface area contributed by atoms with E-state index in [1.165, 1.54) is 23.8 Å². The summed E-state index contributed by atoms with van der Waals surface area (Å²) in [7, 11) is 0. The third-order valence-electron chi connectivity index (χ3n) is 5.76. The Morgan fingerprint density at radius 2 is 2.13 bits per heavy atom. The number of benzene rings is 1. The van der Waals surface area contributed by atoms with Gasteiger partial charge in [-0.2, -0.15) is 0 Å². The zero-order chi connectivity index (χ0) is 15.9. The van der Waals surface area contributed by atoms with Crippen LogP contribution in [0.3, 0.4) is 0 Å². The number of rotatable bonds is 3. The maximum Gasteiger partial charge on any atom is 0.0940 e. The molecule has 0 saturated carbocycles. The van der Waals surface area contributed by atoms with Crippen LogP contribution in [0.5, 0.6) is 0 Å². The molecule has 3 heterocycles. The SMILES string of the molecule is CC(c1c[nH]c2ccc(C3(O)CCOCC3)cc12)C1CCCN1. The molecule has 4 nitrogen and oxygen atoms in total. The highest BCUT2D eigenvalue weighted by Crippen LogP contribution is 2.36. The number of fused-ring (bicyclic) bond motifs is 1. The van der Waals surface area contributed by atoms with Gasteiger partial charge < -0.3 is 20.1 Å². The van der Waals surface area contributed by atoms with E-state index in [1.54, 1.807) is 0 Å². The average Bonchev–Trinajstić information content (AvgIpc) is 3.24. The second kappa shape index (κ2) is 5.93. The van der Waals surface area contributed by atoms with Gasteiger partial charge in [-0.05, 0) is 48.6 Å². The first-order chi connectivity index (χ1) is 11.2. The molecule has 2 atom stereocenters. The molecule has 3 N–H and O–H groups in total. The summed E-state index contributed by atoms with van der Waals surface area (Å²) >= 11 is 0. The molecule has 1 aromatic carbocycles. The maximum absolute atomic E-state index is 11.0. The van der Waals surface area contributed by atoms with Crippen molar-refractivity contribution in [3.8, 4) is 0 Å². The molecule has 2 aromatic rings. The molecule has 0 radical (unpaired) electrons. The molecule has 0 spiro atoms. The van der Waals surface area contributed by atoms with Gasteiger partial charge in [0, 0.05) is 49.2 Å². The van der Waals surface area contributed by atoms with Crippen LogP contribution in [-0.2, 0) is 10.3 Å². The molecular formula is C19H26N2O2. The van der Waals surface area contributed by atoms with Crippen LogP contribution in [-0.4, -0.2) is 35.9 Å². The molecule has 0 amide bonds. The Hall–Kier alpha value is -1.36. The van der Waals surface area contributed by atoms with Crippen molar-refractivity contribution in [1.29, 1.82) is 0 Å². The molecule has 0 bridgehead atoms. The minimum Gasteiger partial charge on any atom is -0.385 e. The van der Waals surface area contributed by atoms with Gasteiger partial charge in [0.15, 0.2) is 0 Å². The molecule has 124 valence electrons. The molecule has 1 aromatic heterocycles. The minimum absolute atomic E-state index is 0.478. The summed E-state index contributed by atoms with van der Waals surface area (Å²) in [5.41, 5.74) is 2.80. The van der Waals surface area contributed by atoms with Gasteiger partial charge in [0.05, 0.1) is 5.60 Å². The van der Waals surface area contributed by atoms with E-state index in [1.807, 2.05) is 0 Å². The Labute approximate surface area is 137 Å². The lowest BCUT2D eigenvalue weighted by atomic mass is 9.84. The summed E-state index contributed by atoms with van der Waals surface area (Å²) in [5, 5.41) is 15.8. The molecule has 2 fully saturated rings. The Balaban J connectivity index is 1.71. The molecular weight excluding hydrogens is 288 g/mol. The molecule has 0 aliphatic carbocycles. The van der Waals surface area contributed by atoms with Crippen molar-refractivity contribution in [3.05, 3.63) is 35.5 Å². The van der Waals surface area contributed by atoms with Crippen molar-refractivity contribution in [2.45, 2.75) is 50.2 Å². The predicted molar refractivity (Wildman–Crippen MR) is 91.7 cm³/mol. The summed E-state index contributed by atoms with van der Waals surface area (Å²) in [5.74, 6) is 0.478. The molecule has 23 heavy (non-hydrogen) atoms. The lowest BCUT2D eigenvalue weighted by molar-refractivity contribution is -0.0678. The number of aromatic amines is 1. The highest BCUT2D eigenvalue weighted by molar-refractivity contribution is 5.84. The van der Waals surface area contributed by atoms with E-state index in [2.05, 4.69) is 41.6 Å². The first-order valence-electron chi connectivity index (χ1n) is 8.82. The van der Waals surface area contributed by atoms with Crippen LogP contribution in [0.25, 0.3) is 10.9 Å². The number of ether oxygens (including phenoxy) is 1. The largest absolute Gasteiger partial charge is 0.385 e. The van der Waals surface area contributed by atoms with Gasteiger partial charge in [0.2, 0.25) is 0 Å². The summed E-state index contributed by atoms with van der Waals surface area (Å²) < 4.78 is 5.41. The van der Waals surface area contributed by atoms with Crippen molar-refractivity contribution in [2.75, 3.05) is 19.8 Å². The van der Waals surface area contributed by atoms with E-state index in [0.29, 0.717) is 38.0 Å². The van der Waals surface area contributed by atoms with Crippen molar-refractivity contribution in [3.63, 3.8) is 0 Å². The summed E-state index contributed by atoms with van der Waals surface area (Å²) in [4.78, 5) is 3.40. The Kier molecular flexibility index (Phi) is 3.92.